The van der Waals surface area contributed by atoms with Gasteiger partial charge in [0.2, 0.25) is 5.91 Å². The average Bonchev–Trinajstić information content (AvgIpc) is 2.80. The number of nitro groups is 1. The molecule has 10 heteroatoms. The Morgan fingerprint density at radius 3 is 2.39 bits per heavy atom. The van der Waals surface area contributed by atoms with Crippen LogP contribution in [0.25, 0.3) is 0 Å². The van der Waals surface area contributed by atoms with Crippen molar-refractivity contribution in [2.24, 2.45) is 17.6 Å². The number of methoxy groups -OCH3 is 1. The summed E-state index contributed by atoms with van der Waals surface area (Å²) in [6, 6.07) is 5.97. The van der Waals surface area contributed by atoms with E-state index in [0.717, 1.165) is 0 Å². The number of rotatable bonds is 8. The normalized spacial score (nSPS) is 17.7. The quantitative estimate of drug-likeness (QED) is 0.322. The molecule has 0 saturated carbocycles. The molecule has 0 spiro atoms. The topological polar surface area (TPSA) is 142 Å². The number of carbonyl (C=O) groups is 3. The molecule has 1 amide bonds. The second-order valence-corrected chi connectivity index (χ2v) is 9.91. The third kappa shape index (κ3) is 6.57. The average molecular weight is 502 g/mol. The lowest BCUT2D eigenvalue weighted by Gasteiger charge is -2.36. The summed E-state index contributed by atoms with van der Waals surface area (Å²) in [5, 5.41) is 11.3. The Morgan fingerprint density at radius 1 is 1.22 bits per heavy atom. The maximum atomic E-state index is 13.8. The van der Waals surface area contributed by atoms with Gasteiger partial charge in [-0.3, -0.25) is 24.6 Å². The van der Waals surface area contributed by atoms with Crippen LogP contribution in [0.3, 0.4) is 0 Å². The van der Waals surface area contributed by atoms with E-state index in [1.807, 2.05) is 0 Å². The van der Waals surface area contributed by atoms with E-state index in [0.29, 0.717) is 17.0 Å². The fourth-order valence-electron chi connectivity index (χ4n) is 4.25. The first-order chi connectivity index (χ1) is 16.7. The molecule has 3 unspecified atom stereocenters. The van der Waals surface area contributed by atoms with Crippen LogP contribution in [-0.4, -0.2) is 46.9 Å². The van der Waals surface area contributed by atoms with Crippen molar-refractivity contribution in [3.05, 3.63) is 63.0 Å². The Morgan fingerprint density at radius 2 is 1.86 bits per heavy atom. The van der Waals surface area contributed by atoms with E-state index in [9.17, 15) is 24.5 Å². The molecule has 0 fully saturated rings. The number of hydrogen-bond donors (Lipinski definition) is 1. The van der Waals surface area contributed by atoms with Crippen molar-refractivity contribution in [3.63, 3.8) is 0 Å². The summed E-state index contributed by atoms with van der Waals surface area (Å²) in [6.07, 6.45) is 1.52. The third-order valence-corrected chi connectivity index (χ3v) is 6.05. The highest BCUT2D eigenvalue weighted by molar-refractivity contribution is 5.95. The molecule has 36 heavy (non-hydrogen) atoms. The summed E-state index contributed by atoms with van der Waals surface area (Å²) in [7, 11) is 1.23. The maximum absolute atomic E-state index is 13.8. The van der Waals surface area contributed by atoms with Gasteiger partial charge < -0.3 is 15.2 Å². The molecule has 0 aliphatic carbocycles. The molecular weight excluding hydrogens is 466 g/mol. The SMILES string of the molecule is COC(=O)C1=C(C)N(C(=O)C(CC(=O)OC(C)(C)C)C(C)CN)C(C)=CC1c1cccc([N+](=O)[O-])c1. The van der Waals surface area contributed by atoms with Crippen molar-refractivity contribution in [1.82, 2.24) is 4.90 Å². The zero-order valence-electron chi connectivity index (χ0n) is 21.9. The molecule has 1 aromatic carbocycles. The summed E-state index contributed by atoms with van der Waals surface area (Å²) in [5.74, 6) is -3.40. The van der Waals surface area contributed by atoms with Gasteiger partial charge in [-0.15, -0.1) is 0 Å². The number of allylic oxidation sites excluding steroid dienone is 3. The van der Waals surface area contributed by atoms with E-state index in [1.165, 1.54) is 30.2 Å². The van der Waals surface area contributed by atoms with Crippen LogP contribution in [0.1, 0.15) is 59.4 Å². The monoisotopic (exact) mass is 501 g/mol. The van der Waals surface area contributed by atoms with Gasteiger partial charge in [0, 0.05) is 29.4 Å². The van der Waals surface area contributed by atoms with Gasteiger partial charge in [-0.1, -0.05) is 25.1 Å². The first kappa shape index (κ1) is 28.7. The number of esters is 2. The number of amides is 1. The van der Waals surface area contributed by atoms with Crippen molar-refractivity contribution >= 4 is 23.5 Å². The summed E-state index contributed by atoms with van der Waals surface area (Å²) >= 11 is 0. The van der Waals surface area contributed by atoms with Crippen LogP contribution in [0.15, 0.2) is 47.3 Å². The number of hydrogen-bond acceptors (Lipinski definition) is 8. The van der Waals surface area contributed by atoms with Gasteiger partial charge in [0.25, 0.3) is 5.69 Å². The van der Waals surface area contributed by atoms with Crippen LogP contribution < -0.4 is 5.73 Å². The highest BCUT2D eigenvalue weighted by Crippen LogP contribution is 2.39. The van der Waals surface area contributed by atoms with Gasteiger partial charge in [-0.2, -0.15) is 0 Å². The summed E-state index contributed by atoms with van der Waals surface area (Å²) in [5.41, 5.74) is 6.56. The number of non-ortho nitro benzene ring substituents is 1. The van der Waals surface area contributed by atoms with Gasteiger partial charge in [-0.05, 0) is 52.6 Å². The zero-order chi connectivity index (χ0) is 27.4. The molecule has 0 bridgehead atoms. The molecule has 1 aromatic rings. The second kappa shape index (κ2) is 11.5. The number of nitro benzene ring substituents is 1. The molecule has 1 aliphatic heterocycles. The summed E-state index contributed by atoms with van der Waals surface area (Å²) < 4.78 is 10.4. The Bertz CT molecular complexity index is 1100. The minimum absolute atomic E-state index is 0.117. The van der Waals surface area contributed by atoms with Gasteiger partial charge >= 0.3 is 11.9 Å². The molecule has 3 atom stereocenters. The molecule has 0 radical (unpaired) electrons. The fraction of sp³-hybridized carbons (Fsp3) is 0.500. The van der Waals surface area contributed by atoms with Gasteiger partial charge in [0.1, 0.15) is 5.60 Å². The maximum Gasteiger partial charge on any atom is 0.336 e. The summed E-state index contributed by atoms with van der Waals surface area (Å²) in [6.45, 7) is 10.5. The molecular formula is C26H35N3O7. The minimum Gasteiger partial charge on any atom is -0.466 e. The van der Waals surface area contributed by atoms with E-state index < -0.39 is 40.2 Å². The first-order valence-electron chi connectivity index (χ1n) is 11.7. The first-order valence-corrected chi connectivity index (χ1v) is 11.7. The number of ether oxygens (including phenoxy) is 2. The molecule has 1 aliphatic rings. The number of benzene rings is 1. The van der Waals surface area contributed by atoms with Crippen LogP contribution in [0, 0.1) is 22.0 Å². The van der Waals surface area contributed by atoms with Crippen molar-refractivity contribution in [3.8, 4) is 0 Å². The lowest BCUT2D eigenvalue weighted by Crippen LogP contribution is -2.42. The van der Waals surface area contributed by atoms with Crippen LogP contribution >= 0.6 is 0 Å². The fourth-order valence-corrected chi connectivity index (χ4v) is 4.25. The lowest BCUT2D eigenvalue weighted by molar-refractivity contribution is -0.384. The van der Waals surface area contributed by atoms with Crippen LogP contribution in [0.4, 0.5) is 5.69 Å². The molecule has 0 aromatic heterocycles. The van der Waals surface area contributed by atoms with Crippen LogP contribution in [0.2, 0.25) is 0 Å². The van der Waals surface area contributed by atoms with Crippen molar-refractivity contribution in [2.75, 3.05) is 13.7 Å². The van der Waals surface area contributed by atoms with Gasteiger partial charge in [0.15, 0.2) is 0 Å². The molecule has 2 rings (SSSR count). The predicted octanol–water partition coefficient (Wildman–Crippen LogP) is 3.81. The highest BCUT2D eigenvalue weighted by atomic mass is 16.6. The molecule has 1 heterocycles. The Hall–Kier alpha value is -3.53. The van der Waals surface area contributed by atoms with E-state index in [2.05, 4.69) is 0 Å². The molecule has 2 N–H and O–H groups in total. The number of carbonyl (C=O) groups excluding carboxylic acids is 3. The smallest absolute Gasteiger partial charge is 0.336 e. The Labute approximate surface area is 211 Å². The number of nitrogens with two attached hydrogens (primary N) is 1. The largest absolute Gasteiger partial charge is 0.466 e. The van der Waals surface area contributed by atoms with E-state index >= 15 is 0 Å². The van der Waals surface area contributed by atoms with E-state index in [-0.39, 0.29) is 30.1 Å². The van der Waals surface area contributed by atoms with Crippen LogP contribution in [-0.2, 0) is 23.9 Å². The molecule has 10 nitrogen and oxygen atoms in total. The Kier molecular flexibility index (Phi) is 9.15. The van der Waals surface area contributed by atoms with Gasteiger partial charge in [-0.25, -0.2) is 4.79 Å². The zero-order valence-corrected chi connectivity index (χ0v) is 21.9. The third-order valence-electron chi connectivity index (χ3n) is 6.05. The lowest BCUT2D eigenvalue weighted by atomic mass is 9.84. The van der Waals surface area contributed by atoms with Gasteiger partial charge in [0.05, 0.1) is 29.9 Å². The number of nitrogens with zero attached hydrogens (tertiary/aromatic N) is 2. The van der Waals surface area contributed by atoms with Crippen molar-refractivity contribution < 1.29 is 28.8 Å². The highest BCUT2D eigenvalue weighted by Gasteiger charge is 2.39. The predicted molar refractivity (Wildman–Crippen MR) is 133 cm³/mol. The molecule has 196 valence electrons. The second-order valence-electron chi connectivity index (χ2n) is 9.91. The standard InChI is InChI=1S/C26H35N3O7/c1-15(14-27)20(13-22(30)36-26(4,5)6)24(31)28-16(2)11-21(23(17(28)3)25(32)35-7)18-9-8-10-19(12-18)29(33)34/h8-12,15,20-21H,13-14,27H2,1-7H3. The van der Waals surface area contributed by atoms with E-state index in [4.69, 9.17) is 15.2 Å². The van der Waals surface area contributed by atoms with E-state index in [1.54, 1.807) is 53.7 Å². The Balaban J connectivity index is 2.55. The summed E-state index contributed by atoms with van der Waals surface area (Å²) in [4.78, 5) is 51.5. The van der Waals surface area contributed by atoms with Crippen LogP contribution in [0.5, 0.6) is 0 Å². The van der Waals surface area contributed by atoms with Crippen molar-refractivity contribution in [1.29, 1.82) is 0 Å². The molecule has 0 saturated heterocycles. The minimum atomic E-state index is -0.795. The van der Waals surface area contributed by atoms with Crippen molar-refractivity contribution in [2.45, 2.75) is 59.5 Å².